The first-order valence-corrected chi connectivity index (χ1v) is 22.6. The zero-order valence-corrected chi connectivity index (χ0v) is 36.2. The van der Waals surface area contributed by atoms with Crippen LogP contribution in [-0.2, 0) is 10.8 Å². The summed E-state index contributed by atoms with van der Waals surface area (Å²) in [5.74, 6) is 0. The molecule has 12 rings (SSSR count). The minimum absolute atomic E-state index is 0.0546. The molecule has 1 nitrogen and oxygen atoms in total. The average molecular weight is 812 g/mol. The Morgan fingerprint density at radius 2 is 0.935 bits per heavy atom. The van der Waals surface area contributed by atoms with Gasteiger partial charge in [0.05, 0.1) is 5.69 Å². The number of hydrogen-bond acceptors (Lipinski definition) is 2. The number of anilines is 3. The second kappa shape index (κ2) is 13.8. The van der Waals surface area contributed by atoms with Gasteiger partial charge < -0.3 is 4.90 Å². The van der Waals surface area contributed by atoms with Crippen LogP contribution >= 0.6 is 11.3 Å². The highest BCUT2D eigenvalue weighted by Crippen LogP contribution is 2.54. The number of nitrogens with zero attached hydrogens (tertiary/aromatic N) is 1. The third-order valence-corrected chi connectivity index (χ3v) is 15.1. The summed E-state index contributed by atoms with van der Waals surface area (Å²) in [5, 5.41) is 2.63. The van der Waals surface area contributed by atoms with E-state index < -0.39 is 0 Å². The van der Waals surface area contributed by atoms with Crippen molar-refractivity contribution in [1.82, 2.24) is 0 Å². The lowest BCUT2D eigenvalue weighted by Crippen LogP contribution is -2.15. The van der Waals surface area contributed by atoms with E-state index in [1.165, 1.54) is 98.1 Å². The van der Waals surface area contributed by atoms with Gasteiger partial charge in [0.2, 0.25) is 0 Å². The van der Waals surface area contributed by atoms with Gasteiger partial charge in [-0.25, -0.2) is 0 Å². The summed E-state index contributed by atoms with van der Waals surface area (Å²) < 4.78 is 2.64. The van der Waals surface area contributed by atoms with E-state index in [0.29, 0.717) is 0 Å². The smallest absolute Gasteiger partial charge is 0.0540 e. The Hall–Kier alpha value is -7.00. The third kappa shape index (κ3) is 5.46. The molecule has 2 aliphatic carbocycles. The van der Waals surface area contributed by atoms with Crippen LogP contribution in [0.4, 0.5) is 17.1 Å². The van der Waals surface area contributed by atoms with E-state index in [1.807, 2.05) is 11.3 Å². The normalized spacial score (nSPS) is 14.1. The summed E-state index contributed by atoms with van der Waals surface area (Å²) in [7, 11) is 0. The average Bonchev–Trinajstić information content (AvgIpc) is 3.89. The van der Waals surface area contributed by atoms with E-state index >= 15 is 0 Å². The maximum absolute atomic E-state index is 2.47. The minimum atomic E-state index is -0.0933. The Bertz CT molecular complexity index is 3420. The quantitative estimate of drug-likeness (QED) is 0.162. The number of para-hydroxylation sites is 1. The maximum Gasteiger partial charge on any atom is 0.0540 e. The fourth-order valence-corrected chi connectivity index (χ4v) is 12.0. The lowest BCUT2D eigenvalue weighted by Gasteiger charge is -2.29. The van der Waals surface area contributed by atoms with Crippen molar-refractivity contribution in [3.05, 3.63) is 222 Å². The van der Waals surface area contributed by atoms with Gasteiger partial charge in [0, 0.05) is 47.9 Å². The molecule has 0 bridgehead atoms. The van der Waals surface area contributed by atoms with Crippen molar-refractivity contribution >= 4 is 48.6 Å². The fraction of sp³-hybridized carbons (Fsp3) is 0.100. The van der Waals surface area contributed by atoms with Gasteiger partial charge in [-0.05, 0) is 115 Å². The number of benzene rings is 9. The molecule has 0 amide bonds. The van der Waals surface area contributed by atoms with Gasteiger partial charge >= 0.3 is 0 Å². The Morgan fingerprint density at radius 1 is 0.355 bits per heavy atom. The largest absolute Gasteiger partial charge is 0.310 e. The molecule has 0 radical (unpaired) electrons. The van der Waals surface area contributed by atoms with Crippen LogP contribution < -0.4 is 4.90 Å². The van der Waals surface area contributed by atoms with Crippen LogP contribution in [0.3, 0.4) is 0 Å². The van der Waals surface area contributed by atoms with Crippen molar-refractivity contribution < 1.29 is 0 Å². The van der Waals surface area contributed by atoms with Gasteiger partial charge in [-0.2, -0.15) is 0 Å². The van der Waals surface area contributed by atoms with Gasteiger partial charge in [0.1, 0.15) is 0 Å². The van der Waals surface area contributed by atoms with Gasteiger partial charge in [0.15, 0.2) is 0 Å². The summed E-state index contributed by atoms with van der Waals surface area (Å²) in [6.45, 7) is 9.45. The van der Waals surface area contributed by atoms with Crippen molar-refractivity contribution in [1.29, 1.82) is 0 Å². The number of thiophene rings is 1. The van der Waals surface area contributed by atoms with Crippen LogP contribution in [0.25, 0.3) is 75.8 Å². The molecule has 296 valence electrons. The predicted molar refractivity (Wildman–Crippen MR) is 265 cm³/mol. The summed E-state index contributed by atoms with van der Waals surface area (Å²) >= 11 is 1.88. The summed E-state index contributed by atoms with van der Waals surface area (Å²) in [6.07, 6.45) is 0. The first kappa shape index (κ1) is 36.8. The molecule has 2 aliphatic rings. The molecule has 1 heterocycles. The van der Waals surface area contributed by atoms with Gasteiger partial charge in [0.25, 0.3) is 0 Å². The Kier molecular flexibility index (Phi) is 8.17. The van der Waals surface area contributed by atoms with Crippen molar-refractivity contribution in [3.63, 3.8) is 0 Å². The van der Waals surface area contributed by atoms with Gasteiger partial charge in [-0.1, -0.05) is 185 Å². The number of rotatable bonds is 6. The summed E-state index contributed by atoms with van der Waals surface area (Å²) in [5.41, 5.74) is 21.5. The molecule has 0 unspecified atom stereocenters. The van der Waals surface area contributed by atoms with Crippen LogP contribution in [0.15, 0.2) is 200 Å². The first-order chi connectivity index (χ1) is 30.3. The number of hydrogen-bond donors (Lipinski definition) is 0. The predicted octanol–water partition coefficient (Wildman–Crippen LogP) is 17.1. The molecule has 62 heavy (non-hydrogen) atoms. The second-order valence-corrected chi connectivity index (χ2v) is 19.1. The minimum Gasteiger partial charge on any atom is -0.310 e. The highest BCUT2D eigenvalue weighted by atomic mass is 32.1. The second-order valence-electron chi connectivity index (χ2n) is 18.1. The third-order valence-electron chi connectivity index (χ3n) is 13.9. The van der Waals surface area contributed by atoms with Crippen LogP contribution in [0.2, 0.25) is 0 Å². The Labute approximate surface area is 368 Å². The van der Waals surface area contributed by atoms with Crippen molar-refractivity contribution in [2.45, 2.75) is 38.5 Å². The van der Waals surface area contributed by atoms with Crippen LogP contribution in [0, 0.1) is 0 Å². The zero-order valence-electron chi connectivity index (χ0n) is 35.4. The van der Waals surface area contributed by atoms with Crippen LogP contribution in [-0.4, -0.2) is 0 Å². The van der Waals surface area contributed by atoms with Crippen molar-refractivity contribution in [3.8, 4) is 55.6 Å². The molecular formula is C60H45NS. The molecular weight excluding hydrogens is 767 g/mol. The van der Waals surface area contributed by atoms with Crippen molar-refractivity contribution in [2.24, 2.45) is 0 Å². The monoisotopic (exact) mass is 811 g/mol. The van der Waals surface area contributed by atoms with E-state index in [0.717, 1.165) is 17.1 Å². The Balaban J connectivity index is 1.03. The summed E-state index contributed by atoms with van der Waals surface area (Å²) in [4.78, 5) is 2.47. The fourth-order valence-electron chi connectivity index (χ4n) is 10.8. The molecule has 0 saturated heterocycles. The van der Waals surface area contributed by atoms with E-state index in [1.54, 1.807) is 0 Å². The molecule has 10 aromatic rings. The maximum atomic E-state index is 2.47. The molecule has 1 aromatic heterocycles. The SMILES string of the molecule is CC1(C)c2ccccc2-c2ccc(-c3ccc(N(c4cccc(-c5cccc6c5sc5ccccc56)c4)c4ccccc4-c4cccc5c4-c4ccccc4C5(C)C)cc3)cc21. The summed E-state index contributed by atoms with van der Waals surface area (Å²) in [6, 6.07) is 74.7. The molecule has 2 heteroatoms. The van der Waals surface area contributed by atoms with Crippen molar-refractivity contribution in [2.75, 3.05) is 4.90 Å². The Morgan fingerprint density at radius 3 is 1.77 bits per heavy atom. The molecule has 0 spiro atoms. The molecule has 9 aromatic carbocycles. The molecule has 0 aliphatic heterocycles. The lowest BCUT2D eigenvalue weighted by molar-refractivity contribution is 0.660. The number of fused-ring (bicyclic) bond motifs is 9. The van der Waals surface area contributed by atoms with Crippen LogP contribution in [0.1, 0.15) is 49.9 Å². The molecule has 0 N–H and O–H groups in total. The lowest BCUT2D eigenvalue weighted by atomic mass is 9.81. The van der Waals surface area contributed by atoms with E-state index in [4.69, 9.17) is 0 Å². The molecule has 0 saturated carbocycles. The highest BCUT2D eigenvalue weighted by Gasteiger charge is 2.38. The molecule has 0 fully saturated rings. The van der Waals surface area contributed by atoms with Gasteiger partial charge in [-0.15, -0.1) is 11.3 Å². The molecule has 0 atom stereocenters. The topological polar surface area (TPSA) is 3.24 Å². The highest BCUT2D eigenvalue weighted by molar-refractivity contribution is 7.26. The zero-order chi connectivity index (χ0) is 41.7. The van der Waals surface area contributed by atoms with E-state index in [2.05, 4.69) is 233 Å². The van der Waals surface area contributed by atoms with E-state index in [9.17, 15) is 0 Å². The van der Waals surface area contributed by atoms with Gasteiger partial charge in [-0.3, -0.25) is 0 Å². The first-order valence-electron chi connectivity index (χ1n) is 21.8. The van der Waals surface area contributed by atoms with E-state index in [-0.39, 0.29) is 10.8 Å². The van der Waals surface area contributed by atoms with Crippen LogP contribution in [0.5, 0.6) is 0 Å². The standard InChI is InChI=1S/C60H45NS/c1-59(2)52-26-10-6-21-50(52)57-48(23-15-27-53(57)59)46-19-7-11-28-55(46)61(42-17-13-16-40(36-42)43-22-14-24-49-47-20-8-12-29-56(47)62-58(43)49)41-33-30-38(31-34-41)39-32-35-45-44-18-5-9-25-51(44)60(3,4)54(45)37-39/h5-37H,1-4H3.